The van der Waals surface area contributed by atoms with Gasteiger partial charge in [-0.25, -0.2) is 8.78 Å². The van der Waals surface area contributed by atoms with Crippen LogP contribution >= 0.6 is 11.8 Å². The third-order valence-electron chi connectivity index (χ3n) is 3.04. The average Bonchev–Trinajstić information content (AvgIpc) is 2.55. The van der Waals surface area contributed by atoms with Gasteiger partial charge in [0, 0.05) is 5.75 Å². The summed E-state index contributed by atoms with van der Waals surface area (Å²) < 4.78 is 32.5. The maximum atomic E-state index is 13.5. The van der Waals surface area contributed by atoms with E-state index in [-0.39, 0.29) is 0 Å². The van der Waals surface area contributed by atoms with E-state index in [1.807, 2.05) is 30.3 Å². The number of hydrogen-bond donors (Lipinski definition) is 1. The molecule has 0 saturated carbocycles. The predicted octanol–water partition coefficient (Wildman–Crippen LogP) is 4.10. The summed E-state index contributed by atoms with van der Waals surface area (Å²) in [4.78, 5) is 12.0. The first-order valence-corrected chi connectivity index (χ1v) is 8.17. The van der Waals surface area contributed by atoms with E-state index in [1.165, 1.54) is 17.8 Å². The van der Waals surface area contributed by atoms with Gasteiger partial charge in [0.15, 0.2) is 0 Å². The number of nitrogens with one attached hydrogen (secondary N) is 1. The zero-order valence-corrected chi connectivity index (χ0v) is 13.4. The van der Waals surface area contributed by atoms with Crippen molar-refractivity contribution in [3.8, 4) is 5.75 Å². The number of ether oxygens (including phenoxy) is 1. The molecule has 0 heterocycles. The first-order chi connectivity index (χ1) is 11.1. The van der Waals surface area contributed by atoms with Crippen LogP contribution in [0.1, 0.15) is 6.92 Å². The molecule has 1 N–H and O–H groups in total. The number of anilines is 1. The molecule has 23 heavy (non-hydrogen) atoms. The van der Waals surface area contributed by atoms with Crippen LogP contribution < -0.4 is 10.1 Å². The smallest absolute Gasteiger partial charge is 0.237 e. The van der Waals surface area contributed by atoms with Crippen molar-refractivity contribution in [1.29, 1.82) is 0 Å². The van der Waals surface area contributed by atoms with E-state index in [0.717, 1.165) is 17.9 Å². The Hall–Kier alpha value is -2.08. The van der Waals surface area contributed by atoms with Gasteiger partial charge >= 0.3 is 0 Å². The number of hydrogen-bond acceptors (Lipinski definition) is 3. The molecule has 0 aliphatic carbocycles. The standard InChI is InChI=1S/C17H17F2NO2S/c1-12(23-11-10-22-13-6-3-2-4-7-13)17(21)20-16-14(18)8-5-9-15(16)19/h2-9,12H,10-11H2,1H3,(H,20,21). The minimum Gasteiger partial charge on any atom is -0.493 e. The van der Waals surface area contributed by atoms with Gasteiger partial charge in [-0.15, -0.1) is 11.8 Å². The van der Waals surface area contributed by atoms with Crippen LogP contribution in [-0.2, 0) is 4.79 Å². The van der Waals surface area contributed by atoms with Crippen molar-refractivity contribution in [3.63, 3.8) is 0 Å². The lowest BCUT2D eigenvalue weighted by Gasteiger charge is -2.13. The highest BCUT2D eigenvalue weighted by molar-refractivity contribution is 8.00. The molecule has 0 radical (unpaired) electrons. The van der Waals surface area contributed by atoms with Gasteiger partial charge in [0.25, 0.3) is 0 Å². The maximum Gasteiger partial charge on any atom is 0.237 e. The van der Waals surface area contributed by atoms with E-state index >= 15 is 0 Å². The Morgan fingerprint density at radius 3 is 2.43 bits per heavy atom. The summed E-state index contributed by atoms with van der Waals surface area (Å²) in [6, 6.07) is 12.8. The van der Waals surface area contributed by atoms with Crippen LogP contribution in [0.5, 0.6) is 5.75 Å². The fourth-order valence-electron chi connectivity index (χ4n) is 1.82. The van der Waals surface area contributed by atoms with Crippen molar-refractivity contribution in [1.82, 2.24) is 0 Å². The Morgan fingerprint density at radius 2 is 1.78 bits per heavy atom. The normalized spacial score (nSPS) is 11.8. The van der Waals surface area contributed by atoms with Crippen molar-refractivity contribution in [2.24, 2.45) is 0 Å². The molecule has 1 atom stereocenters. The van der Waals surface area contributed by atoms with Crippen LogP contribution in [0, 0.1) is 11.6 Å². The molecule has 0 saturated heterocycles. The summed E-state index contributed by atoms with van der Waals surface area (Å²) in [5, 5.41) is 1.84. The number of carbonyl (C=O) groups excluding carboxylic acids is 1. The van der Waals surface area contributed by atoms with Gasteiger partial charge in [-0.1, -0.05) is 24.3 Å². The van der Waals surface area contributed by atoms with Crippen LogP contribution in [0.2, 0.25) is 0 Å². The van der Waals surface area contributed by atoms with Crippen molar-refractivity contribution in [3.05, 3.63) is 60.2 Å². The number of carbonyl (C=O) groups is 1. The second-order valence-corrected chi connectivity index (χ2v) is 6.21. The van der Waals surface area contributed by atoms with Crippen LogP contribution in [-0.4, -0.2) is 23.5 Å². The number of para-hydroxylation sites is 2. The summed E-state index contributed by atoms with van der Waals surface area (Å²) in [6.07, 6.45) is 0. The summed E-state index contributed by atoms with van der Waals surface area (Å²) in [5.41, 5.74) is -0.412. The molecule has 2 aromatic rings. The molecule has 6 heteroatoms. The molecule has 0 aliphatic rings. The van der Waals surface area contributed by atoms with Crippen LogP contribution in [0.3, 0.4) is 0 Å². The molecular weight excluding hydrogens is 320 g/mol. The molecular formula is C17H17F2NO2S. The summed E-state index contributed by atoms with van der Waals surface area (Å²) in [6.45, 7) is 2.13. The zero-order chi connectivity index (χ0) is 16.7. The SMILES string of the molecule is CC(SCCOc1ccccc1)C(=O)Nc1c(F)cccc1F. The highest BCUT2D eigenvalue weighted by Gasteiger charge is 2.17. The predicted molar refractivity (Wildman–Crippen MR) is 88.8 cm³/mol. The zero-order valence-electron chi connectivity index (χ0n) is 12.6. The Morgan fingerprint density at radius 1 is 1.13 bits per heavy atom. The fraction of sp³-hybridized carbons (Fsp3) is 0.235. The van der Waals surface area contributed by atoms with Gasteiger partial charge in [0.1, 0.15) is 23.1 Å². The molecule has 2 aromatic carbocycles. The third kappa shape index (κ3) is 5.25. The van der Waals surface area contributed by atoms with E-state index < -0.39 is 28.5 Å². The van der Waals surface area contributed by atoms with Crippen LogP contribution in [0.15, 0.2) is 48.5 Å². The van der Waals surface area contributed by atoms with E-state index in [9.17, 15) is 13.6 Å². The highest BCUT2D eigenvalue weighted by atomic mass is 32.2. The highest BCUT2D eigenvalue weighted by Crippen LogP contribution is 2.20. The quantitative estimate of drug-likeness (QED) is 0.773. The lowest BCUT2D eigenvalue weighted by Crippen LogP contribution is -2.24. The molecule has 0 spiro atoms. The first-order valence-electron chi connectivity index (χ1n) is 7.12. The number of halogens is 2. The largest absolute Gasteiger partial charge is 0.493 e. The lowest BCUT2D eigenvalue weighted by atomic mass is 10.3. The monoisotopic (exact) mass is 337 g/mol. The van der Waals surface area contributed by atoms with Crippen molar-refractivity contribution >= 4 is 23.4 Å². The molecule has 0 fully saturated rings. The summed E-state index contributed by atoms with van der Waals surface area (Å²) >= 11 is 1.35. The lowest BCUT2D eigenvalue weighted by molar-refractivity contribution is -0.115. The number of amides is 1. The van der Waals surface area contributed by atoms with Crippen LogP contribution in [0.25, 0.3) is 0 Å². The minimum atomic E-state index is -0.789. The van der Waals surface area contributed by atoms with Crippen molar-refractivity contribution < 1.29 is 18.3 Å². The van der Waals surface area contributed by atoms with Gasteiger partial charge in [-0.3, -0.25) is 4.79 Å². The van der Waals surface area contributed by atoms with E-state index in [1.54, 1.807) is 6.92 Å². The minimum absolute atomic E-state index is 0.412. The van der Waals surface area contributed by atoms with Gasteiger partial charge in [0.05, 0.1) is 11.9 Å². The Labute approximate surface area is 138 Å². The maximum absolute atomic E-state index is 13.5. The molecule has 0 aromatic heterocycles. The second kappa shape index (κ2) is 8.53. The van der Waals surface area contributed by atoms with E-state index in [0.29, 0.717) is 12.4 Å². The van der Waals surface area contributed by atoms with Crippen molar-refractivity contribution in [2.75, 3.05) is 17.7 Å². The first kappa shape index (κ1) is 17.3. The second-order valence-electron chi connectivity index (χ2n) is 4.76. The summed E-state index contributed by atoms with van der Waals surface area (Å²) in [5.74, 6) is -0.674. The van der Waals surface area contributed by atoms with Gasteiger partial charge in [-0.05, 0) is 31.2 Å². The third-order valence-corrected chi connectivity index (χ3v) is 4.16. The van der Waals surface area contributed by atoms with Gasteiger partial charge < -0.3 is 10.1 Å². The van der Waals surface area contributed by atoms with Gasteiger partial charge in [0.2, 0.25) is 5.91 Å². The Bertz CT molecular complexity index is 632. The molecule has 3 nitrogen and oxygen atoms in total. The summed E-state index contributed by atoms with van der Waals surface area (Å²) in [7, 11) is 0. The molecule has 2 rings (SSSR count). The topological polar surface area (TPSA) is 38.3 Å². The Kier molecular flexibility index (Phi) is 6.40. The average molecular weight is 337 g/mol. The number of benzene rings is 2. The van der Waals surface area contributed by atoms with Crippen molar-refractivity contribution in [2.45, 2.75) is 12.2 Å². The molecule has 0 aliphatic heterocycles. The molecule has 1 amide bonds. The van der Waals surface area contributed by atoms with Gasteiger partial charge in [-0.2, -0.15) is 0 Å². The Balaban J connectivity index is 1.77. The number of thioether (sulfide) groups is 1. The van der Waals surface area contributed by atoms with E-state index in [4.69, 9.17) is 4.74 Å². The molecule has 122 valence electrons. The molecule has 0 bridgehead atoms. The van der Waals surface area contributed by atoms with Crippen LogP contribution in [0.4, 0.5) is 14.5 Å². The van der Waals surface area contributed by atoms with E-state index in [2.05, 4.69) is 5.32 Å². The number of rotatable bonds is 7. The fourth-order valence-corrected chi connectivity index (χ4v) is 2.56. The molecule has 1 unspecified atom stereocenters.